The molecule has 1 aliphatic heterocycles. The lowest BCUT2D eigenvalue weighted by Crippen LogP contribution is -2.35. The van der Waals surface area contributed by atoms with Crippen molar-refractivity contribution in [3.05, 3.63) is 0 Å². The SMILES string of the molecule is CC1(C)CC(=O)OC(CI)C1. The summed E-state index contributed by atoms with van der Waals surface area (Å²) >= 11 is 2.26. The molecule has 0 radical (unpaired) electrons. The number of rotatable bonds is 1. The molecule has 1 fully saturated rings. The van der Waals surface area contributed by atoms with Crippen LogP contribution in [0.1, 0.15) is 26.7 Å². The summed E-state index contributed by atoms with van der Waals surface area (Å²) in [5.41, 5.74) is 0.144. The van der Waals surface area contributed by atoms with Crippen LogP contribution in [0.5, 0.6) is 0 Å². The summed E-state index contributed by atoms with van der Waals surface area (Å²) in [6.07, 6.45) is 1.72. The smallest absolute Gasteiger partial charge is 0.306 e. The molecule has 0 amide bonds. The van der Waals surface area contributed by atoms with Crippen LogP contribution >= 0.6 is 22.6 Å². The quantitative estimate of drug-likeness (QED) is 0.414. The highest BCUT2D eigenvalue weighted by Crippen LogP contribution is 2.33. The lowest BCUT2D eigenvalue weighted by atomic mass is 9.82. The molecule has 3 heteroatoms. The molecular weight excluding hydrogens is 255 g/mol. The third kappa shape index (κ3) is 2.61. The van der Waals surface area contributed by atoms with Crippen LogP contribution in [-0.2, 0) is 9.53 Å². The summed E-state index contributed by atoms with van der Waals surface area (Å²) in [5.74, 6) is -0.0390. The standard InChI is InChI=1S/C8H13IO2/c1-8(2)3-6(5-9)11-7(10)4-8/h6H,3-5H2,1-2H3. The maximum atomic E-state index is 11.0. The molecule has 0 aromatic rings. The van der Waals surface area contributed by atoms with Gasteiger partial charge in [-0.2, -0.15) is 0 Å². The van der Waals surface area contributed by atoms with Crippen LogP contribution in [0.4, 0.5) is 0 Å². The minimum absolute atomic E-state index is 0.0390. The second-order valence-electron chi connectivity index (χ2n) is 3.81. The predicted octanol–water partition coefficient (Wildman–Crippen LogP) is 2.15. The van der Waals surface area contributed by atoms with Crippen molar-refractivity contribution < 1.29 is 9.53 Å². The van der Waals surface area contributed by atoms with Crippen LogP contribution in [-0.4, -0.2) is 16.5 Å². The summed E-state index contributed by atoms with van der Waals surface area (Å²) in [6, 6.07) is 0. The fourth-order valence-electron chi connectivity index (χ4n) is 1.43. The highest BCUT2D eigenvalue weighted by molar-refractivity contribution is 14.1. The molecule has 1 atom stereocenters. The number of hydrogen-bond donors (Lipinski definition) is 0. The Morgan fingerprint density at radius 2 is 2.36 bits per heavy atom. The second kappa shape index (κ2) is 3.29. The molecule has 11 heavy (non-hydrogen) atoms. The van der Waals surface area contributed by atoms with E-state index in [1.807, 2.05) is 0 Å². The first-order chi connectivity index (χ1) is 5.03. The zero-order valence-electron chi connectivity index (χ0n) is 6.89. The van der Waals surface area contributed by atoms with E-state index >= 15 is 0 Å². The van der Waals surface area contributed by atoms with Crippen LogP contribution in [0.15, 0.2) is 0 Å². The number of carbonyl (C=O) groups is 1. The Morgan fingerprint density at radius 1 is 1.73 bits per heavy atom. The van der Waals surface area contributed by atoms with Gasteiger partial charge in [0, 0.05) is 4.43 Å². The fourth-order valence-corrected chi connectivity index (χ4v) is 1.93. The van der Waals surface area contributed by atoms with Gasteiger partial charge in [0.2, 0.25) is 0 Å². The van der Waals surface area contributed by atoms with E-state index < -0.39 is 0 Å². The van der Waals surface area contributed by atoms with Crippen molar-refractivity contribution >= 4 is 28.6 Å². The van der Waals surface area contributed by atoms with Gasteiger partial charge < -0.3 is 4.74 Å². The topological polar surface area (TPSA) is 26.3 Å². The number of halogens is 1. The van der Waals surface area contributed by atoms with Gasteiger partial charge in [0.15, 0.2) is 0 Å². The fraction of sp³-hybridized carbons (Fsp3) is 0.875. The molecule has 0 aliphatic carbocycles. The normalized spacial score (nSPS) is 29.7. The lowest BCUT2D eigenvalue weighted by molar-refractivity contribution is -0.158. The zero-order valence-corrected chi connectivity index (χ0v) is 9.05. The van der Waals surface area contributed by atoms with Gasteiger partial charge in [-0.05, 0) is 11.8 Å². The third-order valence-electron chi connectivity index (χ3n) is 1.87. The van der Waals surface area contributed by atoms with Gasteiger partial charge >= 0.3 is 5.97 Å². The first-order valence-electron chi connectivity index (χ1n) is 3.79. The molecule has 1 rings (SSSR count). The average molecular weight is 268 g/mol. The van der Waals surface area contributed by atoms with E-state index in [1.165, 1.54) is 0 Å². The van der Waals surface area contributed by atoms with Crippen LogP contribution in [0.25, 0.3) is 0 Å². The van der Waals surface area contributed by atoms with Gasteiger partial charge in [-0.15, -0.1) is 0 Å². The van der Waals surface area contributed by atoms with Crippen LogP contribution in [0.3, 0.4) is 0 Å². The van der Waals surface area contributed by atoms with Gasteiger partial charge in [-0.25, -0.2) is 0 Å². The Labute approximate surface area is 80.8 Å². The highest BCUT2D eigenvalue weighted by Gasteiger charge is 2.33. The molecule has 64 valence electrons. The average Bonchev–Trinajstić information content (AvgIpc) is 1.83. The number of esters is 1. The Hall–Kier alpha value is 0.200. The summed E-state index contributed by atoms with van der Waals surface area (Å²) < 4.78 is 6.03. The predicted molar refractivity (Wildman–Crippen MR) is 51.8 cm³/mol. The van der Waals surface area contributed by atoms with E-state index in [-0.39, 0.29) is 17.5 Å². The third-order valence-corrected chi connectivity index (χ3v) is 2.86. The van der Waals surface area contributed by atoms with E-state index in [0.29, 0.717) is 6.42 Å². The van der Waals surface area contributed by atoms with E-state index in [1.54, 1.807) is 0 Å². The Bertz CT molecular complexity index is 165. The molecule has 0 N–H and O–H groups in total. The molecular formula is C8H13IO2. The zero-order chi connectivity index (χ0) is 8.48. The molecule has 1 unspecified atom stereocenters. The summed E-state index contributed by atoms with van der Waals surface area (Å²) in [4.78, 5) is 11.0. The van der Waals surface area contributed by atoms with Crippen molar-refractivity contribution in [2.75, 3.05) is 4.43 Å². The van der Waals surface area contributed by atoms with Gasteiger partial charge in [0.1, 0.15) is 6.10 Å². The van der Waals surface area contributed by atoms with E-state index in [0.717, 1.165) is 10.8 Å². The maximum Gasteiger partial charge on any atom is 0.306 e. The summed E-state index contributed by atoms with van der Waals surface area (Å²) in [6.45, 7) is 4.24. The molecule has 1 aliphatic rings. The number of carbonyl (C=O) groups excluding carboxylic acids is 1. The Morgan fingerprint density at radius 3 is 2.82 bits per heavy atom. The van der Waals surface area contributed by atoms with Crippen molar-refractivity contribution in [3.8, 4) is 0 Å². The van der Waals surface area contributed by atoms with Crippen molar-refractivity contribution in [3.63, 3.8) is 0 Å². The van der Waals surface area contributed by atoms with E-state index in [2.05, 4.69) is 36.4 Å². The Kier molecular flexibility index (Phi) is 2.78. The van der Waals surface area contributed by atoms with Crippen molar-refractivity contribution in [1.82, 2.24) is 0 Å². The largest absolute Gasteiger partial charge is 0.462 e. The van der Waals surface area contributed by atoms with Crippen molar-refractivity contribution in [2.45, 2.75) is 32.8 Å². The number of ether oxygens (including phenoxy) is 1. The molecule has 0 bridgehead atoms. The van der Waals surface area contributed by atoms with Gasteiger partial charge in [0.05, 0.1) is 6.42 Å². The van der Waals surface area contributed by atoms with Crippen molar-refractivity contribution in [1.29, 1.82) is 0 Å². The summed E-state index contributed by atoms with van der Waals surface area (Å²) in [5, 5.41) is 0. The van der Waals surface area contributed by atoms with Crippen LogP contribution in [0.2, 0.25) is 0 Å². The molecule has 0 spiro atoms. The first-order valence-corrected chi connectivity index (χ1v) is 5.31. The monoisotopic (exact) mass is 268 g/mol. The minimum atomic E-state index is -0.0390. The number of hydrogen-bond acceptors (Lipinski definition) is 2. The number of cyclic esters (lactones) is 1. The molecule has 2 nitrogen and oxygen atoms in total. The lowest BCUT2D eigenvalue weighted by Gasteiger charge is -2.33. The van der Waals surface area contributed by atoms with Crippen LogP contribution in [0, 0.1) is 5.41 Å². The van der Waals surface area contributed by atoms with Gasteiger partial charge in [-0.1, -0.05) is 36.4 Å². The molecule has 0 aromatic carbocycles. The van der Waals surface area contributed by atoms with E-state index in [4.69, 9.17) is 4.74 Å². The molecule has 1 saturated heterocycles. The summed E-state index contributed by atoms with van der Waals surface area (Å²) in [7, 11) is 0. The van der Waals surface area contributed by atoms with Gasteiger partial charge in [-0.3, -0.25) is 4.79 Å². The number of alkyl halides is 1. The molecule has 0 aromatic heterocycles. The van der Waals surface area contributed by atoms with Crippen molar-refractivity contribution in [2.24, 2.45) is 5.41 Å². The highest BCUT2D eigenvalue weighted by atomic mass is 127. The second-order valence-corrected chi connectivity index (χ2v) is 4.69. The first kappa shape index (κ1) is 9.29. The van der Waals surface area contributed by atoms with Crippen LogP contribution < -0.4 is 0 Å². The molecule has 0 saturated carbocycles. The Balaban J connectivity index is 2.58. The minimum Gasteiger partial charge on any atom is -0.462 e. The van der Waals surface area contributed by atoms with Gasteiger partial charge in [0.25, 0.3) is 0 Å². The maximum absolute atomic E-state index is 11.0. The van der Waals surface area contributed by atoms with E-state index in [9.17, 15) is 4.79 Å². The molecule has 1 heterocycles.